The summed E-state index contributed by atoms with van der Waals surface area (Å²) in [5.74, 6) is 0.592. The van der Waals surface area contributed by atoms with E-state index in [-0.39, 0.29) is 5.78 Å². The molecule has 0 bridgehead atoms. The van der Waals surface area contributed by atoms with Gasteiger partial charge < -0.3 is 5.32 Å². The largest absolute Gasteiger partial charge is 0.316 e. The number of nitrogens with zero attached hydrogens (tertiary/aromatic N) is 3. The number of Topliss-reactive ketones (excluding diaryl/α,β-unsaturated/α-hetero) is 1. The van der Waals surface area contributed by atoms with Crippen LogP contribution in [0.4, 0.5) is 0 Å². The Morgan fingerprint density at radius 3 is 3.00 bits per heavy atom. The standard InChI is InChI=1S/C8H12N4O/c1-12-10-5-7(11-12)8(13)2-6-3-9-4-6/h5-6,9H,2-4H2,1H3. The molecule has 2 heterocycles. The molecule has 0 aromatic carbocycles. The maximum Gasteiger partial charge on any atom is 0.185 e. The normalized spacial score (nSPS) is 17.0. The highest BCUT2D eigenvalue weighted by Gasteiger charge is 2.22. The highest BCUT2D eigenvalue weighted by atomic mass is 16.1. The fourth-order valence-electron chi connectivity index (χ4n) is 1.33. The van der Waals surface area contributed by atoms with Crippen LogP contribution >= 0.6 is 0 Å². The predicted molar refractivity (Wildman–Crippen MR) is 46.3 cm³/mol. The Balaban J connectivity index is 1.96. The van der Waals surface area contributed by atoms with Gasteiger partial charge in [-0.1, -0.05) is 0 Å². The second-order valence-electron chi connectivity index (χ2n) is 3.37. The minimum atomic E-state index is 0.0969. The topological polar surface area (TPSA) is 59.8 Å². The molecule has 0 spiro atoms. The number of hydrogen-bond donors (Lipinski definition) is 1. The lowest BCUT2D eigenvalue weighted by atomic mass is 9.96. The van der Waals surface area contributed by atoms with Crippen LogP contribution in [-0.2, 0) is 7.05 Å². The Bertz CT molecular complexity index is 316. The highest BCUT2D eigenvalue weighted by Crippen LogP contribution is 2.11. The fourth-order valence-corrected chi connectivity index (χ4v) is 1.33. The van der Waals surface area contributed by atoms with Gasteiger partial charge in [-0.2, -0.15) is 15.0 Å². The molecule has 0 atom stereocenters. The molecule has 1 fully saturated rings. The van der Waals surface area contributed by atoms with Gasteiger partial charge >= 0.3 is 0 Å². The Morgan fingerprint density at radius 1 is 1.77 bits per heavy atom. The van der Waals surface area contributed by atoms with E-state index >= 15 is 0 Å². The summed E-state index contributed by atoms with van der Waals surface area (Å²) >= 11 is 0. The zero-order chi connectivity index (χ0) is 9.26. The average Bonchev–Trinajstić information content (AvgIpc) is 2.44. The van der Waals surface area contributed by atoms with E-state index < -0.39 is 0 Å². The van der Waals surface area contributed by atoms with Crippen LogP contribution in [0.1, 0.15) is 16.9 Å². The van der Waals surface area contributed by atoms with Crippen molar-refractivity contribution in [3.05, 3.63) is 11.9 Å². The van der Waals surface area contributed by atoms with E-state index in [0.29, 0.717) is 18.0 Å². The van der Waals surface area contributed by atoms with Crippen molar-refractivity contribution in [1.82, 2.24) is 20.3 Å². The van der Waals surface area contributed by atoms with Crippen molar-refractivity contribution in [2.45, 2.75) is 6.42 Å². The van der Waals surface area contributed by atoms with Crippen LogP contribution in [-0.4, -0.2) is 33.9 Å². The lowest BCUT2D eigenvalue weighted by Crippen LogP contribution is -2.42. The molecule has 2 rings (SSSR count). The monoisotopic (exact) mass is 180 g/mol. The quantitative estimate of drug-likeness (QED) is 0.643. The minimum absolute atomic E-state index is 0.0969. The van der Waals surface area contributed by atoms with Gasteiger partial charge in [0, 0.05) is 13.5 Å². The van der Waals surface area contributed by atoms with E-state index in [1.165, 1.54) is 11.0 Å². The molecule has 70 valence electrons. The van der Waals surface area contributed by atoms with Crippen molar-refractivity contribution in [2.75, 3.05) is 13.1 Å². The van der Waals surface area contributed by atoms with Crippen LogP contribution < -0.4 is 5.32 Å². The van der Waals surface area contributed by atoms with Crippen LogP contribution in [0.3, 0.4) is 0 Å². The van der Waals surface area contributed by atoms with Crippen molar-refractivity contribution in [3.63, 3.8) is 0 Å². The number of nitrogens with one attached hydrogen (secondary N) is 1. The number of rotatable bonds is 3. The summed E-state index contributed by atoms with van der Waals surface area (Å²) in [6.07, 6.45) is 2.11. The first kappa shape index (κ1) is 8.37. The number of aromatic nitrogens is 3. The van der Waals surface area contributed by atoms with Crippen LogP contribution in [0.15, 0.2) is 6.20 Å². The number of aryl methyl sites for hydroxylation is 1. The molecule has 0 unspecified atom stereocenters. The molecule has 1 aliphatic rings. The first-order valence-electron chi connectivity index (χ1n) is 4.36. The Morgan fingerprint density at radius 2 is 2.54 bits per heavy atom. The van der Waals surface area contributed by atoms with E-state index in [4.69, 9.17) is 0 Å². The van der Waals surface area contributed by atoms with Gasteiger partial charge in [0.15, 0.2) is 5.78 Å². The summed E-state index contributed by atoms with van der Waals surface area (Å²) in [6.45, 7) is 1.90. The molecule has 1 N–H and O–H groups in total. The first-order chi connectivity index (χ1) is 6.25. The third-order valence-electron chi connectivity index (χ3n) is 2.23. The van der Waals surface area contributed by atoms with E-state index in [9.17, 15) is 4.79 Å². The third-order valence-corrected chi connectivity index (χ3v) is 2.23. The predicted octanol–water partition coefficient (Wildman–Crippen LogP) is -0.393. The molecule has 5 heteroatoms. The fraction of sp³-hybridized carbons (Fsp3) is 0.625. The van der Waals surface area contributed by atoms with Crippen LogP contribution in [0, 0.1) is 5.92 Å². The average molecular weight is 180 g/mol. The zero-order valence-corrected chi connectivity index (χ0v) is 7.53. The summed E-state index contributed by atoms with van der Waals surface area (Å²) in [6, 6.07) is 0. The lowest BCUT2D eigenvalue weighted by Gasteiger charge is -2.25. The molecule has 1 aromatic heterocycles. The number of carbonyl (C=O) groups excluding carboxylic acids is 1. The van der Waals surface area contributed by atoms with Gasteiger partial charge in [0.2, 0.25) is 0 Å². The Labute approximate surface area is 76.1 Å². The Kier molecular flexibility index (Phi) is 2.10. The number of ketones is 1. The third kappa shape index (κ3) is 1.75. The molecule has 0 aliphatic carbocycles. The molecule has 0 amide bonds. The minimum Gasteiger partial charge on any atom is -0.316 e. The first-order valence-corrected chi connectivity index (χ1v) is 4.36. The summed E-state index contributed by atoms with van der Waals surface area (Å²) in [4.78, 5) is 12.9. The van der Waals surface area contributed by atoms with Crippen molar-refractivity contribution in [1.29, 1.82) is 0 Å². The molecule has 0 saturated carbocycles. The lowest BCUT2D eigenvalue weighted by molar-refractivity contribution is 0.0940. The highest BCUT2D eigenvalue weighted by molar-refractivity contribution is 5.94. The molecule has 1 saturated heterocycles. The van der Waals surface area contributed by atoms with Crippen LogP contribution in [0.2, 0.25) is 0 Å². The maximum atomic E-state index is 11.5. The van der Waals surface area contributed by atoms with Gasteiger partial charge in [0.1, 0.15) is 5.69 Å². The van der Waals surface area contributed by atoms with E-state index in [0.717, 1.165) is 13.1 Å². The smallest absolute Gasteiger partial charge is 0.185 e. The second-order valence-corrected chi connectivity index (χ2v) is 3.37. The molecular formula is C8H12N4O. The van der Waals surface area contributed by atoms with Crippen molar-refractivity contribution >= 4 is 5.78 Å². The molecule has 0 radical (unpaired) electrons. The number of carbonyl (C=O) groups is 1. The van der Waals surface area contributed by atoms with Gasteiger partial charge in [-0.15, -0.1) is 0 Å². The summed E-state index contributed by atoms with van der Waals surface area (Å²) in [7, 11) is 1.71. The number of hydrogen-bond acceptors (Lipinski definition) is 4. The maximum absolute atomic E-state index is 11.5. The van der Waals surface area contributed by atoms with Crippen LogP contribution in [0.5, 0.6) is 0 Å². The van der Waals surface area contributed by atoms with Gasteiger partial charge in [-0.05, 0) is 19.0 Å². The zero-order valence-electron chi connectivity index (χ0n) is 7.53. The second kappa shape index (κ2) is 3.26. The van der Waals surface area contributed by atoms with Gasteiger partial charge in [0.05, 0.1) is 6.20 Å². The van der Waals surface area contributed by atoms with Crippen molar-refractivity contribution < 1.29 is 4.79 Å². The summed E-state index contributed by atoms with van der Waals surface area (Å²) in [5, 5.41) is 10.9. The summed E-state index contributed by atoms with van der Waals surface area (Å²) in [5.41, 5.74) is 0.481. The molecule has 13 heavy (non-hydrogen) atoms. The van der Waals surface area contributed by atoms with Gasteiger partial charge in [0.25, 0.3) is 0 Å². The molecular weight excluding hydrogens is 168 g/mol. The SMILES string of the molecule is Cn1ncc(C(=O)CC2CNC2)n1. The summed E-state index contributed by atoms with van der Waals surface area (Å²) < 4.78 is 0. The van der Waals surface area contributed by atoms with Gasteiger partial charge in [-0.25, -0.2) is 0 Å². The van der Waals surface area contributed by atoms with E-state index in [2.05, 4.69) is 15.5 Å². The molecule has 5 nitrogen and oxygen atoms in total. The Hall–Kier alpha value is -1.23. The van der Waals surface area contributed by atoms with E-state index in [1.807, 2.05) is 0 Å². The van der Waals surface area contributed by atoms with Gasteiger partial charge in [-0.3, -0.25) is 4.79 Å². The van der Waals surface area contributed by atoms with Crippen molar-refractivity contribution in [2.24, 2.45) is 13.0 Å². The van der Waals surface area contributed by atoms with Crippen molar-refractivity contribution in [3.8, 4) is 0 Å². The van der Waals surface area contributed by atoms with E-state index in [1.54, 1.807) is 7.05 Å². The van der Waals surface area contributed by atoms with Crippen LogP contribution in [0.25, 0.3) is 0 Å². The molecule has 1 aliphatic heterocycles. The molecule has 1 aromatic rings.